The fourth-order valence-corrected chi connectivity index (χ4v) is 2.76. The van der Waals surface area contributed by atoms with Crippen LogP contribution in [0.25, 0.3) is 11.5 Å². The number of Topliss-reactive ketones (excluding diaryl/α,β-unsaturated/α-hetero) is 1. The maximum atomic E-state index is 12.2. The average Bonchev–Trinajstić information content (AvgIpc) is 3.09. The van der Waals surface area contributed by atoms with Gasteiger partial charge >= 0.3 is 0 Å². The van der Waals surface area contributed by atoms with Crippen molar-refractivity contribution in [1.29, 1.82) is 0 Å². The van der Waals surface area contributed by atoms with E-state index in [1.54, 1.807) is 24.3 Å². The summed E-state index contributed by atoms with van der Waals surface area (Å²) >= 11 is 6.90. The van der Waals surface area contributed by atoms with E-state index in [1.807, 2.05) is 0 Å². The van der Waals surface area contributed by atoms with Crippen LogP contribution in [0.1, 0.15) is 10.4 Å². The molecule has 1 heterocycles. The zero-order valence-corrected chi connectivity index (χ0v) is 14.2. The largest absolute Gasteiger partial charge is 0.411 e. The van der Waals surface area contributed by atoms with E-state index in [2.05, 4.69) is 10.2 Å². The molecule has 0 spiro atoms. The maximum absolute atomic E-state index is 12.2. The Hall–Kier alpha value is -2.71. The van der Waals surface area contributed by atoms with Crippen LogP contribution in [-0.2, 0) is 0 Å². The number of aromatic nitrogens is 2. The molecule has 0 radical (unpaired) electrons. The molecule has 2 aromatic carbocycles. The molecule has 3 aromatic rings. The predicted octanol–water partition coefficient (Wildman–Crippen LogP) is 4.27. The van der Waals surface area contributed by atoms with E-state index >= 15 is 0 Å². The summed E-state index contributed by atoms with van der Waals surface area (Å²) in [6.45, 7) is 0. The number of nitro groups is 1. The third-order valence-electron chi connectivity index (χ3n) is 3.20. The highest BCUT2D eigenvalue weighted by Crippen LogP contribution is 2.25. The van der Waals surface area contributed by atoms with Crippen molar-refractivity contribution in [3.63, 3.8) is 0 Å². The van der Waals surface area contributed by atoms with Crippen LogP contribution in [0.15, 0.2) is 58.2 Å². The molecule has 0 saturated heterocycles. The van der Waals surface area contributed by atoms with Crippen molar-refractivity contribution in [3.8, 4) is 11.5 Å². The molecule has 0 aliphatic carbocycles. The van der Waals surface area contributed by atoms with Crippen LogP contribution in [-0.4, -0.2) is 26.7 Å². The highest BCUT2D eigenvalue weighted by molar-refractivity contribution is 7.99. The van der Waals surface area contributed by atoms with Crippen LogP contribution >= 0.6 is 23.4 Å². The van der Waals surface area contributed by atoms with Gasteiger partial charge in [-0.05, 0) is 24.3 Å². The van der Waals surface area contributed by atoms with Crippen molar-refractivity contribution < 1.29 is 14.1 Å². The Morgan fingerprint density at radius 1 is 1.20 bits per heavy atom. The molecular formula is C16H10ClN3O4S. The lowest BCUT2D eigenvalue weighted by Gasteiger charge is -1.99. The first-order valence-corrected chi connectivity index (χ1v) is 8.39. The zero-order chi connectivity index (χ0) is 17.8. The molecule has 126 valence electrons. The molecule has 25 heavy (non-hydrogen) atoms. The minimum absolute atomic E-state index is 0.0312. The molecule has 0 amide bonds. The van der Waals surface area contributed by atoms with Crippen molar-refractivity contribution in [2.45, 2.75) is 5.22 Å². The Labute approximate surface area is 151 Å². The van der Waals surface area contributed by atoms with Crippen molar-refractivity contribution in [2.24, 2.45) is 0 Å². The Morgan fingerprint density at radius 3 is 2.68 bits per heavy atom. The number of carbonyl (C=O) groups is 1. The molecule has 9 heteroatoms. The van der Waals surface area contributed by atoms with Crippen LogP contribution in [0, 0.1) is 10.1 Å². The number of halogens is 1. The summed E-state index contributed by atoms with van der Waals surface area (Å²) in [6.07, 6.45) is 0. The summed E-state index contributed by atoms with van der Waals surface area (Å²) in [5.41, 5.74) is 0.853. The lowest BCUT2D eigenvalue weighted by molar-refractivity contribution is -0.384. The van der Waals surface area contributed by atoms with Gasteiger partial charge in [-0.3, -0.25) is 14.9 Å². The van der Waals surface area contributed by atoms with Gasteiger partial charge in [0.1, 0.15) is 0 Å². The molecule has 0 aliphatic rings. The smallest absolute Gasteiger partial charge is 0.277 e. The number of nitrogens with zero attached hydrogens (tertiary/aromatic N) is 3. The van der Waals surface area contributed by atoms with Gasteiger partial charge in [-0.15, -0.1) is 10.2 Å². The van der Waals surface area contributed by atoms with Gasteiger partial charge in [0.15, 0.2) is 5.78 Å². The Balaban J connectivity index is 1.66. The molecule has 1 aromatic heterocycles. The topological polar surface area (TPSA) is 99.1 Å². The molecule has 0 fully saturated rings. The van der Waals surface area contributed by atoms with Gasteiger partial charge in [0, 0.05) is 28.3 Å². The summed E-state index contributed by atoms with van der Waals surface area (Å²) in [6, 6.07) is 12.5. The summed E-state index contributed by atoms with van der Waals surface area (Å²) in [7, 11) is 0. The van der Waals surface area contributed by atoms with Gasteiger partial charge in [-0.1, -0.05) is 35.5 Å². The molecule has 0 unspecified atom stereocenters. The Kier molecular flexibility index (Phi) is 5.11. The number of non-ortho nitro benzene ring substituents is 1. The van der Waals surface area contributed by atoms with Gasteiger partial charge < -0.3 is 4.42 Å². The van der Waals surface area contributed by atoms with Gasteiger partial charge in [-0.2, -0.15) is 0 Å². The normalized spacial score (nSPS) is 10.6. The van der Waals surface area contributed by atoms with Crippen LogP contribution in [0.2, 0.25) is 5.02 Å². The van der Waals surface area contributed by atoms with Gasteiger partial charge in [0.25, 0.3) is 10.9 Å². The molecule has 0 saturated carbocycles. The first-order chi connectivity index (χ1) is 12.0. The third kappa shape index (κ3) is 4.23. The fourth-order valence-electron chi connectivity index (χ4n) is 1.98. The van der Waals surface area contributed by atoms with E-state index in [1.165, 1.54) is 24.3 Å². The van der Waals surface area contributed by atoms with Crippen molar-refractivity contribution >= 4 is 34.8 Å². The van der Waals surface area contributed by atoms with E-state index < -0.39 is 4.92 Å². The fraction of sp³-hybridized carbons (Fsp3) is 0.0625. The zero-order valence-electron chi connectivity index (χ0n) is 12.6. The van der Waals surface area contributed by atoms with E-state index in [4.69, 9.17) is 16.0 Å². The van der Waals surface area contributed by atoms with Crippen LogP contribution < -0.4 is 0 Å². The van der Waals surface area contributed by atoms with Gasteiger partial charge in [0.05, 0.1) is 10.7 Å². The lowest BCUT2D eigenvalue weighted by Crippen LogP contribution is -2.03. The molecular weight excluding hydrogens is 366 g/mol. The number of hydrogen-bond donors (Lipinski definition) is 0. The number of hydrogen-bond acceptors (Lipinski definition) is 7. The Morgan fingerprint density at radius 2 is 1.96 bits per heavy atom. The van der Waals surface area contributed by atoms with Crippen molar-refractivity contribution in [3.05, 3.63) is 69.2 Å². The number of carbonyl (C=O) groups excluding carboxylic acids is 1. The minimum Gasteiger partial charge on any atom is -0.411 e. The first kappa shape index (κ1) is 17.1. The molecule has 7 nitrogen and oxygen atoms in total. The van der Waals surface area contributed by atoms with Crippen LogP contribution in [0.5, 0.6) is 0 Å². The highest BCUT2D eigenvalue weighted by Gasteiger charge is 2.14. The second kappa shape index (κ2) is 7.45. The highest BCUT2D eigenvalue weighted by atomic mass is 35.5. The van der Waals surface area contributed by atoms with Crippen molar-refractivity contribution in [1.82, 2.24) is 10.2 Å². The van der Waals surface area contributed by atoms with Crippen molar-refractivity contribution in [2.75, 3.05) is 5.75 Å². The second-order valence-electron chi connectivity index (χ2n) is 4.90. The SMILES string of the molecule is O=C(CSc1nnc(-c2ccc(Cl)cc2)o1)c1cccc([N+](=O)[O-])c1. The molecule has 0 bridgehead atoms. The number of ketones is 1. The molecule has 3 rings (SSSR count). The summed E-state index contributed by atoms with van der Waals surface area (Å²) in [5, 5.41) is 19.4. The van der Waals surface area contributed by atoms with Crippen LogP contribution in [0.3, 0.4) is 0 Å². The number of thioether (sulfide) groups is 1. The third-order valence-corrected chi connectivity index (χ3v) is 4.27. The average molecular weight is 376 g/mol. The number of benzene rings is 2. The molecule has 0 aliphatic heterocycles. The molecule has 0 N–H and O–H groups in total. The quantitative estimate of drug-likeness (QED) is 0.274. The summed E-state index contributed by atoms with van der Waals surface area (Å²) in [4.78, 5) is 22.4. The standard InChI is InChI=1S/C16H10ClN3O4S/c17-12-6-4-10(5-7-12)15-18-19-16(24-15)25-9-14(21)11-2-1-3-13(8-11)20(22)23/h1-8H,9H2. The number of rotatable bonds is 6. The van der Waals surface area contributed by atoms with E-state index in [-0.39, 0.29) is 28.0 Å². The Bertz CT molecular complexity index is 927. The monoisotopic (exact) mass is 375 g/mol. The van der Waals surface area contributed by atoms with Gasteiger partial charge in [-0.25, -0.2) is 0 Å². The van der Waals surface area contributed by atoms with Gasteiger partial charge in [0.2, 0.25) is 5.89 Å². The maximum Gasteiger partial charge on any atom is 0.277 e. The first-order valence-electron chi connectivity index (χ1n) is 7.03. The minimum atomic E-state index is -0.541. The summed E-state index contributed by atoms with van der Waals surface area (Å²) < 4.78 is 5.50. The predicted molar refractivity (Wildman–Crippen MR) is 92.9 cm³/mol. The van der Waals surface area contributed by atoms with E-state index in [0.29, 0.717) is 16.5 Å². The molecule has 0 atom stereocenters. The van der Waals surface area contributed by atoms with Crippen LogP contribution in [0.4, 0.5) is 5.69 Å². The summed E-state index contributed by atoms with van der Waals surface area (Å²) in [5.74, 6) is 0.0885. The number of nitro benzene ring substituents is 1. The lowest BCUT2D eigenvalue weighted by atomic mass is 10.1. The van der Waals surface area contributed by atoms with E-state index in [9.17, 15) is 14.9 Å². The van der Waals surface area contributed by atoms with E-state index in [0.717, 1.165) is 11.8 Å². The second-order valence-corrected chi connectivity index (χ2v) is 6.26.